The van der Waals surface area contributed by atoms with E-state index < -0.39 is 0 Å². The van der Waals surface area contributed by atoms with Crippen molar-refractivity contribution in [3.05, 3.63) is 57.8 Å². The summed E-state index contributed by atoms with van der Waals surface area (Å²) in [4.78, 5) is 27.9. The predicted molar refractivity (Wildman–Crippen MR) is 103 cm³/mol. The summed E-state index contributed by atoms with van der Waals surface area (Å²) in [5, 5.41) is 2.90. The number of benzene rings is 1. The molecular weight excluding hydrogens is 332 g/mol. The summed E-state index contributed by atoms with van der Waals surface area (Å²) in [5.74, 6) is 0.00295. The summed E-state index contributed by atoms with van der Waals surface area (Å²) in [6.45, 7) is 4.44. The van der Waals surface area contributed by atoms with Crippen molar-refractivity contribution < 1.29 is 9.59 Å². The number of amides is 1. The van der Waals surface area contributed by atoms with Gasteiger partial charge >= 0.3 is 0 Å². The third-order valence-corrected chi connectivity index (χ3v) is 4.97. The molecule has 0 radical (unpaired) electrons. The summed E-state index contributed by atoms with van der Waals surface area (Å²) in [6.07, 6.45) is 1.43. The van der Waals surface area contributed by atoms with E-state index >= 15 is 0 Å². The summed E-state index contributed by atoms with van der Waals surface area (Å²) in [6, 6.07) is 14.1. The van der Waals surface area contributed by atoms with Gasteiger partial charge in [0.25, 0.3) is 0 Å². The molecule has 1 amide bonds. The number of ketones is 1. The molecule has 134 valence electrons. The first-order valence-electron chi connectivity index (χ1n) is 8.63. The molecule has 0 unspecified atom stereocenters. The lowest BCUT2D eigenvalue weighted by Crippen LogP contribution is -2.28. The first-order chi connectivity index (χ1) is 12.0. The third-order valence-electron chi connectivity index (χ3n) is 3.93. The number of hydrogen-bond donors (Lipinski definition) is 1. The molecule has 25 heavy (non-hydrogen) atoms. The maximum absolute atomic E-state index is 12.0. The van der Waals surface area contributed by atoms with Crippen molar-refractivity contribution in [3.63, 3.8) is 0 Å². The molecule has 2 rings (SSSR count). The van der Waals surface area contributed by atoms with Gasteiger partial charge in [0.1, 0.15) is 0 Å². The fourth-order valence-electron chi connectivity index (χ4n) is 2.57. The molecule has 1 aromatic heterocycles. The molecule has 0 aliphatic carbocycles. The van der Waals surface area contributed by atoms with Crippen molar-refractivity contribution in [2.75, 3.05) is 20.1 Å². The van der Waals surface area contributed by atoms with Crippen LogP contribution in [0.15, 0.2) is 42.5 Å². The Balaban J connectivity index is 1.57. The Morgan fingerprint density at radius 3 is 2.52 bits per heavy atom. The molecule has 0 fully saturated rings. The Morgan fingerprint density at radius 1 is 1.08 bits per heavy atom. The minimum atomic E-state index is -0.0488. The molecular formula is C20H26N2O2S. The van der Waals surface area contributed by atoms with Crippen LogP contribution in [-0.2, 0) is 11.3 Å². The zero-order valence-electron chi connectivity index (χ0n) is 15.0. The average molecular weight is 359 g/mol. The van der Waals surface area contributed by atoms with Gasteiger partial charge in [-0.2, -0.15) is 0 Å². The largest absolute Gasteiger partial charge is 0.356 e. The van der Waals surface area contributed by atoms with Crippen LogP contribution >= 0.6 is 11.3 Å². The Labute approximate surface area is 153 Å². The van der Waals surface area contributed by atoms with E-state index in [9.17, 15) is 9.59 Å². The normalized spacial score (nSPS) is 10.8. The number of Topliss-reactive ketones (excluding diaryl/α,β-unsaturated/α-hetero) is 1. The molecule has 5 heteroatoms. The van der Waals surface area contributed by atoms with Gasteiger partial charge < -0.3 is 10.2 Å². The molecule has 0 aliphatic rings. The first-order valence-corrected chi connectivity index (χ1v) is 9.45. The van der Waals surface area contributed by atoms with Gasteiger partial charge in [-0.05, 0) is 44.6 Å². The van der Waals surface area contributed by atoms with Crippen LogP contribution in [0.2, 0.25) is 0 Å². The quantitative estimate of drug-likeness (QED) is 0.521. The Bertz CT molecular complexity index is 682. The third kappa shape index (κ3) is 7.20. The number of thiophene rings is 1. The van der Waals surface area contributed by atoms with Crippen molar-refractivity contribution in [2.45, 2.75) is 32.7 Å². The topological polar surface area (TPSA) is 49.4 Å². The highest BCUT2D eigenvalue weighted by Gasteiger charge is 2.10. The van der Waals surface area contributed by atoms with E-state index in [-0.39, 0.29) is 24.5 Å². The number of aryl methyl sites for hydroxylation is 1. The van der Waals surface area contributed by atoms with E-state index in [0.29, 0.717) is 6.54 Å². The average Bonchev–Trinajstić information content (AvgIpc) is 3.04. The zero-order valence-corrected chi connectivity index (χ0v) is 15.8. The molecule has 0 aliphatic heterocycles. The van der Waals surface area contributed by atoms with Gasteiger partial charge in [-0.1, -0.05) is 30.3 Å². The summed E-state index contributed by atoms with van der Waals surface area (Å²) >= 11 is 1.49. The number of nitrogens with zero attached hydrogens (tertiary/aromatic N) is 1. The number of rotatable bonds is 10. The summed E-state index contributed by atoms with van der Waals surface area (Å²) in [5.41, 5.74) is 1.29. The van der Waals surface area contributed by atoms with Gasteiger partial charge in [-0.25, -0.2) is 0 Å². The van der Waals surface area contributed by atoms with Gasteiger partial charge in [0.15, 0.2) is 5.78 Å². The van der Waals surface area contributed by atoms with Crippen LogP contribution in [0.5, 0.6) is 0 Å². The Kier molecular flexibility index (Phi) is 7.82. The highest BCUT2D eigenvalue weighted by molar-refractivity contribution is 7.14. The minimum Gasteiger partial charge on any atom is -0.356 e. The van der Waals surface area contributed by atoms with Crippen molar-refractivity contribution in [3.8, 4) is 0 Å². The van der Waals surface area contributed by atoms with Crippen LogP contribution in [0.1, 0.15) is 39.4 Å². The highest BCUT2D eigenvalue weighted by atomic mass is 32.1. The van der Waals surface area contributed by atoms with Crippen LogP contribution in [0.3, 0.4) is 0 Å². The molecule has 2 aromatic rings. The SMILES string of the molecule is Cc1ccc(C(=O)CCC(=O)NCCCN(C)Cc2ccccc2)s1. The van der Waals surface area contributed by atoms with Crippen molar-refractivity contribution in [1.82, 2.24) is 10.2 Å². The van der Waals surface area contributed by atoms with Gasteiger partial charge in [0.05, 0.1) is 4.88 Å². The van der Waals surface area contributed by atoms with E-state index in [1.807, 2.05) is 37.3 Å². The van der Waals surface area contributed by atoms with Crippen LogP contribution in [0.4, 0.5) is 0 Å². The molecule has 1 N–H and O–H groups in total. The number of carbonyl (C=O) groups is 2. The number of nitrogens with one attached hydrogen (secondary N) is 1. The van der Waals surface area contributed by atoms with Gasteiger partial charge in [0, 0.05) is 30.8 Å². The van der Waals surface area contributed by atoms with Gasteiger partial charge in [-0.3, -0.25) is 9.59 Å². The molecule has 0 bridgehead atoms. The van der Waals surface area contributed by atoms with Crippen molar-refractivity contribution >= 4 is 23.0 Å². The standard InChI is InChI=1S/C20H26N2O2S/c1-16-9-11-19(25-16)18(23)10-12-20(24)21-13-6-14-22(2)15-17-7-4-3-5-8-17/h3-5,7-9,11H,6,10,12-15H2,1-2H3,(H,21,24). The molecule has 1 heterocycles. The van der Waals surface area contributed by atoms with E-state index in [1.54, 1.807) is 0 Å². The predicted octanol–water partition coefficient (Wildman–Crippen LogP) is 3.66. The minimum absolute atomic E-state index is 0.0488. The van der Waals surface area contributed by atoms with Crippen LogP contribution in [-0.4, -0.2) is 36.7 Å². The highest BCUT2D eigenvalue weighted by Crippen LogP contribution is 2.17. The molecule has 0 spiro atoms. The van der Waals surface area contributed by atoms with E-state index in [4.69, 9.17) is 0 Å². The maximum Gasteiger partial charge on any atom is 0.220 e. The van der Waals surface area contributed by atoms with E-state index in [2.05, 4.69) is 29.4 Å². The molecule has 1 aromatic carbocycles. The lowest BCUT2D eigenvalue weighted by molar-refractivity contribution is -0.121. The number of carbonyl (C=O) groups excluding carboxylic acids is 2. The first kappa shape index (κ1) is 19.3. The zero-order chi connectivity index (χ0) is 18.1. The van der Waals surface area contributed by atoms with E-state index in [1.165, 1.54) is 16.9 Å². The monoisotopic (exact) mass is 358 g/mol. The second kappa shape index (κ2) is 10.1. The van der Waals surface area contributed by atoms with Crippen molar-refractivity contribution in [1.29, 1.82) is 0 Å². The summed E-state index contributed by atoms with van der Waals surface area (Å²) in [7, 11) is 2.08. The fourth-order valence-corrected chi connectivity index (χ4v) is 3.41. The molecule has 0 saturated heterocycles. The smallest absolute Gasteiger partial charge is 0.220 e. The molecule has 4 nitrogen and oxygen atoms in total. The molecule has 0 saturated carbocycles. The second-order valence-corrected chi connectivity index (χ2v) is 7.55. The van der Waals surface area contributed by atoms with Gasteiger partial charge in [-0.15, -0.1) is 11.3 Å². The Hall–Kier alpha value is -1.98. The van der Waals surface area contributed by atoms with Crippen LogP contribution < -0.4 is 5.32 Å². The Morgan fingerprint density at radius 2 is 1.84 bits per heavy atom. The lowest BCUT2D eigenvalue weighted by atomic mass is 10.2. The number of hydrogen-bond acceptors (Lipinski definition) is 4. The summed E-state index contributed by atoms with van der Waals surface area (Å²) < 4.78 is 0. The fraction of sp³-hybridized carbons (Fsp3) is 0.400. The van der Waals surface area contributed by atoms with Crippen LogP contribution in [0.25, 0.3) is 0 Å². The van der Waals surface area contributed by atoms with E-state index in [0.717, 1.165) is 29.3 Å². The van der Waals surface area contributed by atoms with Crippen molar-refractivity contribution in [2.24, 2.45) is 0 Å². The van der Waals surface area contributed by atoms with Gasteiger partial charge in [0.2, 0.25) is 5.91 Å². The molecule has 0 atom stereocenters. The van der Waals surface area contributed by atoms with Crippen LogP contribution in [0, 0.1) is 6.92 Å². The second-order valence-electron chi connectivity index (χ2n) is 6.26. The maximum atomic E-state index is 12.0. The lowest BCUT2D eigenvalue weighted by Gasteiger charge is -2.16.